The molecule has 0 radical (unpaired) electrons. The average Bonchev–Trinajstić information content (AvgIpc) is 2.65. The summed E-state index contributed by atoms with van der Waals surface area (Å²) >= 11 is 1.31. The molecule has 3 nitrogen and oxygen atoms in total. The molecule has 0 atom stereocenters. The van der Waals surface area contributed by atoms with Crippen LogP contribution in [-0.2, 0) is 0 Å². The van der Waals surface area contributed by atoms with E-state index in [0.29, 0.717) is 5.95 Å². The topological polar surface area (TPSA) is 51.8 Å². The van der Waals surface area contributed by atoms with Crippen molar-refractivity contribution in [2.45, 2.75) is 6.92 Å². The van der Waals surface area contributed by atoms with Gasteiger partial charge in [0.25, 0.3) is 0 Å². The number of rotatable bonds is 2. The first-order valence-corrected chi connectivity index (χ1v) is 5.29. The quantitative estimate of drug-likeness (QED) is 0.841. The van der Waals surface area contributed by atoms with Gasteiger partial charge in [0, 0.05) is 5.56 Å². The van der Waals surface area contributed by atoms with E-state index < -0.39 is 0 Å². The third-order valence-corrected chi connectivity index (χ3v) is 2.84. The number of aromatic nitrogens is 2. The normalized spacial score (nSPS) is 10.2. The Labute approximate surface area is 92.5 Å². The molecule has 0 spiro atoms. The maximum Gasteiger partial charge on any atom is 0.232 e. The number of allylic oxidation sites excluding steroid dienone is 1. The van der Waals surface area contributed by atoms with Crippen molar-refractivity contribution >= 4 is 23.1 Å². The van der Waals surface area contributed by atoms with Gasteiger partial charge >= 0.3 is 0 Å². The van der Waals surface area contributed by atoms with Crippen molar-refractivity contribution in [1.82, 2.24) is 9.36 Å². The maximum atomic E-state index is 5.47. The molecule has 1 aromatic heterocycles. The van der Waals surface area contributed by atoms with Crippen LogP contribution in [-0.4, -0.2) is 9.36 Å². The molecule has 1 aromatic carbocycles. The van der Waals surface area contributed by atoms with Crippen LogP contribution in [0.2, 0.25) is 0 Å². The van der Waals surface area contributed by atoms with E-state index in [1.165, 1.54) is 11.5 Å². The summed E-state index contributed by atoms with van der Waals surface area (Å²) in [6.45, 7) is 5.87. The van der Waals surface area contributed by atoms with E-state index in [0.717, 1.165) is 21.7 Å². The van der Waals surface area contributed by atoms with Crippen molar-refractivity contribution in [3.8, 4) is 10.6 Å². The summed E-state index contributed by atoms with van der Waals surface area (Å²) in [6, 6.07) is 8.05. The molecule has 2 rings (SSSR count). The highest BCUT2D eigenvalue weighted by Crippen LogP contribution is 2.23. The molecule has 0 bridgehead atoms. The molecular weight excluding hydrogens is 206 g/mol. The van der Waals surface area contributed by atoms with Gasteiger partial charge in [0.2, 0.25) is 5.95 Å². The minimum absolute atomic E-state index is 0.332. The molecule has 0 aliphatic rings. The maximum absolute atomic E-state index is 5.47. The van der Waals surface area contributed by atoms with Gasteiger partial charge in [-0.3, -0.25) is 0 Å². The average molecular weight is 217 g/mol. The summed E-state index contributed by atoms with van der Waals surface area (Å²) in [5.41, 5.74) is 8.69. The first kappa shape index (κ1) is 9.86. The van der Waals surface area contributed by atoms with Crippen molar-refractivity contribution in [3.05, 3.63) is 36.4 Å². The van der Waals surface area contributed by atoms with Crippen molar-refractivity contribution in [2.24, 2.45) is 0 Å². The second-order valence-electron chi connectivity index (χ2n) is 3.32. The van der Waals surface area contributed by atoms with E-state index in [1.54, 1.807) is 0 Å². The summed E-state index contributed by atoms with van der Waals surface area (Å²) in [7, 11) is 0. The summed E-state index contributed by atoms with van der Waals surface area (Å²) in [6.07, 6.45) is 0. The fourth-order valence-electron chi connectivity index (χ4n) is 1.25. The SMILES string of the molecule is C=C(C)c1ccc(-c2nc(N)ns2)cc1. The number of hydrogen-bond donors (Lipinski definition) is 1. The number of hydrogen-bond acceptors (Lipinski definition) is 4. The van der Waals surface area contributed by atoms with Crippen molar-refractivity contribution in [3.63, 3.8) is 0 Å². The van der Waals surface area contributed by atoms with Gasteiger partial charge in [-0.2, -0.15) is 9.36 Å². The molecule has 2 aromatic rings. The fraction of sp³-hybridized carbons (Fsp3) is 0.0909. The molecule has 0 aliphatic carbocycles. The summed E-state index contributed by atoms with van der Waals surface area (Å²) in [5, 5.41) is 0.848. The monoisotopic (exact) mass is 217 g/mol. The lowest BCUT2D eigenvalue weighted by Crippen LogP contribution is -1.85. The zero-order valence-electron chi connectivity index (χ0n) is 8.40. The molecule has 76 valence electrons. The molecule has 15 heavy (non-hydrogen) atoms. The molecule has 1 heterocycles. The highest BCUT2D eigenvalue weighted by molar-refractivity contribution is 7.09. The van der Waals surface area contributed by atoms with Crippen LogP contribution in [0.3, 0.4) is 0 Å². The first-order valence-electron chi connectivity index (χ1n) is 4.52. The minimum atomic E-state index is 0.332. The summed E-state index contributed by atoms with van der Waals surface area (Å²) in [5.74, 6) is 0.332. The summed E-state index contributed by atoms with van der Waals surface area (Å²) in [4.78, 5) is 4.12. The Bertz CT molecular complexity index is 485. The Hall–Kier alpha value is -1.68. The fourth-order valence-corrected chi connectivity index (χ4v) is 1.85. The molecule has 0 amide bonds. The Balaban J connectivity index is 2.35. The number of nitrogens with zero attached hydrogens (tertiary/aromatic N) is 2. The van der Waals surface area contributed by atoms with Crippen LogP contribution in [0.4, 0.5) is 5.95 Å². The zero-order chi connectivity index (χ0) is 10.8. The smallest absolute Gasteiger partial charge is 0.232 e. The molecule has 4 heteroatoms. The third-order valence-electron chi connectivity index (χ3n) is 2.07. The number of benzene rings is 1. The Kier molecular flexibility index (Phi) is 2.51. The van der Waals surface area contributed by atoms with E-state index >= 15 is 0 Å². The molecular formula is C11H11N3S. The van der Waals surface area contributed by atoms with Gasteiger partial charge in [-0.1, -0.05) is 36.4 Å². The van der Waals surface area contributed by atoms with E-state index in [1.807, 2.05) is 31.2 Å². The first-order chi connectivity index (χ1) is 7.16. The Morgan fingerprint density at radius 3 is 2.47 bits per heavy atom. The number of nitrogen functional groups attached to an aromatic ring is 1. The molecule has 0 fully saturated rings. The highest BCUT2D eigenvalue weighted by atomic mass is 32.1. The highest BCUT2D eigenvalue weighted by Gasteiger charge is 2.03. The minimum Gasteiger partial charge on any atom is -0.367 e. The molecule has 0 saturated heterocycles. The lowest BCUT2D eigenvalue weighted by atomic mass is 10.1. The van der Waals surface area contributed by atoms with Gasteiger partial charge in [0.15, 0.2) is 0 Å². The largest absolute Gasteiger partial charge is 0.367 e. The van der Waals surface area contributed by atoms with Crippen LogP contribution < -0.4 is 5.73 Å². The van der Waals surface area contributed by atoms with Gasteiger partial charge in [0.05, 0.1) is 0 Å². The number of nitrogens with two attached hydrogens (primary N) is 1. The lowest BCUT2D eigenvalue weighted by Gasteiger charge is -2.00. The van der Waals surface area contributed by atoms with Crippen LogP contribution in [0.25, 0.3) is 16.1 Å². The summed E-state index contributed by atoms with van der Waals surface area (Å²) < 4.78 is 3.94. The van der Waals surface area contributed by atoms with E-state index in [9.17, 15) is 0 Å². The van der Waals surface area contributed by atoms with E-state index in [4.69, 9.17) is 5.73 Å². The van der Waals surface area contributed by atoms with Gasteiger partial charge in [0.1, 0.15) is 5.01 Å². The molecule has 2 N–H and O–H groups in total. The van der Waals surface area contributed by atoms with Gasteiger partial charge < -0.3 is 5.73 Å². The third kappa shape index (κ3) is 2.05. The Morgan fingerprint density at radius 1 is 1.33 bits per heavy atom. The second-order valence-corrected chi connectivity index (χ2v) is 4.07. The van der Waals surface area contributed by atoms with Crippen LogP contribution in [0.5, 0.6) is 0 Å². The van der Waals surface area contributed by atoms with Crippen molar-refractivity contribution < 1.29 is 0 Å². The van der Waals surface area contributed by atoms with Crippen molar-refractivity contribution in [1.29, 1.82) is 0 Å². The van der Waals surface area contributed by atoms with Crippen LogP contribution in [0.15, 0.2) is 30.8 Å². The lowest BCUT2D eigenvalue weighted by molar-refractivity contribution is 1.34. The van der Waals surface area contributed by atoms with Crippen LogP contribution in [0, 0.1) is 0 Å². The van der Waals surface area contributed by atoms with Gasteiger partial charge in [-0.15, -0.1) is 0 Å². The predicted octanol–water partition coefficient (Wildman–Crippen LogP) is 2.82. The van der Waals surface area contributed by atoms with E-state index in [-0.39, 0.29) is 0 Å². The molecule has 0 unspecified atom stereocenters. The van der Waals surface area contributed by atoms with Crippen LogP contribution >= 0.6 is 11.5 Å². The Morgan fingerprint density at radius 2 is 2.00 bits per heavy atom. The second kappa shape index (κ2) is 3.82. The number of anilines is 1. The predicted molar refractivity (Wildman–Crippen MR) is 64.5 cm³/mol. The zero-order valence-corrected chi connectivity index (χ0v) is 9.21. The van der Waals surface area contributed by atoms with Gasteiger partial charge in [-0.05, 0) is 24.0 Å². The van der Waals surface area contributed by atoms with Crippen LogP contribution in [0.1, 0.15) is 12.5 Å². The van der Waals surface area contributed by atoms with Crippen molar-refractivity contribution in [2.75, 3.05) is 5.73 Å². The molecule has 0 aliphatic heterocycles. The van der Waals surface area contributed by atoms with Gasteiger partial charge in [-0.25, -0.2) is 0 Å². The van der Waals surface area contributed by atoms with E-state index in [2.05, 4.69) is 15.9 Å². The molecule has 0 saturated carbocycles. The standard InChI is InChI=1S/C11H11N3S/c1-7(2)8-3-5-9(6-4-8)10-13-11(12)14-15-10/h3-6H,1H2,2H3,(H2,12,14).